The molecule has 1 aromatic heterocycles. The molecule has 3 aromatic rings. The number of imide groups is 1. The van der Waals surface area contributed by atoms with Crippen molar-refractivity contribution in [1.29, 1.82) is 0 Å². The first-order chi connectivity index (χ1) is 16.5. The average molecular weight is 468 g/mol. The third-order valence-corrected chi connectivity index (χ3v) is 4.41. The summed E-state index contributed by atoms with van der Waals surface area (Å²) < 4.78 is 26.1. The molecule has 4 rings (SSSR count). The number of aromatic nitrogens is 2. The van der Waals surface area contributed by atoms with Crippen molar-refractivity contribution in [3.05, 3.63) is 59.7 Å². The van der Waals surface area contributed by atoms with Crippen molar-refractivity contribution >= 4 is 23.6 Å². The summed E-state index contributed by atoms with van der Waals surface area (Å²) >= 11 is 0. The van der Waals surface area contributed by atoms with Gasteiger partial charge in [0.2, 0.25) is 11.7 Å². The van der Waals surface area contributed by atoms with Gasteiger partial charge in [0, 0.05) is 18.7 Å². The van der Waals surface area contributed by atoms with Crippen molar-refractivity contribution in [2.75, 3.05) is 25.1 Å². The Hall–Kier alpha value is -4.61. The summed E-state index contributed by atoms with van der Waals surface area (Å²) in [6.45, 7) is 2.00. The largest absolute Gasteiger partial charge is 0.486 e. The standard InChI is InChI=1S/C22H20N4O8/c1-13-23-19(26-34-13)11-32-16-5-2-14(3-6-16)21(28)33-12-20(27)25-22(29)24-15-4-7-17-18(10-15)31-9-8-30-17/h2-7,10H,8-9,11-12H2,1H3,(H2,24,25,27,29). The van der Waals surface area contributed by atoms with Gasteiger partial charge in [0.05, 0.1) is 5.56 Å². The molecular weight excluding hydrogens is 448 g/mol. The Kier molecular flexibility index (Phi) is 6.87. The molecule has 176 valence electrons. The maximum Gasteiger partial charge on any atom is 0.338 e. The van der Waals surface area contributed by atoms with E-state index in [1.807, 2.05) is 0 Å². The van der Waals surface area contributed by atoms with Gasteiger partial charge in [0.25, 0.3) is 5.91 Å². The minimum atomic E-state index is -0.793. The molecular formula is C22H20N4O8. The second-order valence-corrected chi connectivity index (χ2v) is 6.98. The zero-order valence-corrected chi connectivity index (χ0v) is 18.0. The van der Waals surface area contributed by atoms with Crippen LogP contribution in [0.2, 0.25) is 0 Å². The molecule has 12 heteroatoms. The number of hydrogen-bond donors (Lipinski definition) is 2. The zero-order valence-electron chi connectivity index (χ0n) is 18.0. The van der Waals surface area contributed by atoms with Crippen LogP contribution in [0.5, 0.6) is 17.2 Å². The van der Waals surface area contributed by atoms with Gasteiger partial charge in [-0.05, 0) is 36.4 Å². The number of amides is 3. The fourth-order valence-corrected chi connectivity index (χ4v) is 2.90. The molecule has 2 N–H and O–H groups in total. The number of nitrogens with zero attached hydrogens (tertiary/aromatic N) is 2. The number of carbonyl (C=O) groups is 3. The van der Waals surface area contributed by atoms with Gasteiger partial charge >= 0.3 is 12.0 Å². The van der Waals surface area contributed by atoms with E-state index in [9.17, 15) is 14.4 Å². The van der Waals surface area contributed by atoms with Gasteiger partial charge in [-0.25, -0.2) is 9.59 Å². The van der Waals surface area contributed by atoms with Crippen LogP contribution in [-0.4, -0.2) is 47.9 Å². The topological polar surface area (TPSA) is 151 Å². The second-order valence-electron chi connectivity index (χ2n) is 6.98. The Balaban J connectivity index is 1.20. The van der Waals surface area contributed by atoms with E-state index in [4.69, 9.17) is 23.5 Å². The average Bonchev–Trinajstić information content (AvgIpc) is 3.26. The minimum absolute atomic E-state index is 0.107. The van der Waals surface area contributed by atoms with Crippen LogP contribution in [0, 0.1) is 6.92 Å². The number of nitrogens with one attached hydrogen (secondary N) is 2. The van der Waals surface area contributed by atoms with Gasteiger partial charge in [-0.2, -0.15) is 4.98 Å². The van der Waals surface area contributed by atoms with E-state index in [0.29, 0.717) is 47.9 Å². The molecule has 2 heterocycles. The first-order valence-corrected chi connectivity index (χ1v) is 10.2. The molecule has 12 nitrogen and oxygen atoms in total. The third-order valence-electron chi connectivity index (χ3n) is 4.41. The molecule has 0 fully saturated rings. The number of carbonyl (C=O) groups excluding carboxylic acids is 3. The second kappa shape index (κ2) is 10.3. The number of benzene rings is 2. The van der Waals surface area contributed by atoms with Crippen LogP contribution in [0.4, 0.5) is 10.5 Å². The lowest BCUT2D eigenvalue weighted by Crippen LogP contribution is -2.37. The minimum Gasteiger partial charge on any atom is -0.486 e. The van der Waals surface area contributed by atoms with E-state index < -0.39 is 24.5 Å². The lowest BCUT2D eigenvalue weighted by atomic mass is 10.2. The zero-order chi connectivity index (χ0) is 23.9. The molecule has 0 saturated heterocycles. The summed E-state index contributed by atoms with van der Waals surface area (Å²) in [5.41, 5.74) is 0.611. The molecule has 0 radical (unpaired) electrons. The Bertz CT molecular complexity index is 1190. The van der Waals surface area contributed by atoms with Gasteiger partial charge in [-0.3, -0.25) is 10.1 Å². The van der Waals surface area contributed by atoms with Crippen LogP contribution in [0.1, 0.15) is 22.1 Å². The van der Waals surface area contributed by atoms with Crippen molar-refractivity contribution in [3.8, 4) is 17.2 Å². The summed E-state index contributed by atoms with van der Waals surface area (Å²) in [6, 6.07) is 10.1. The van der Waals surface area contributed by atoms with Crippen molar-refractivity contribution in [2.24, 2.45) is 0 Å². The van der Waals surface area contributed by atoms with Crippen molar-refractivity contribution in [2.45, 2.75) is 13.5 Å². The van der Waals surface area contributed by atoms with E-state index in [2.05, 4.69) is 20.8 Å². The molecule has 34 heavy (non-hydrogen) atoms. The Labute approximate surface area is 193 Å². The van der Waals surface area contributed by atoms with Gasteiger partial charge in [0.15, 0.2) is 24.7 Å². The van der Waals surface area contributed by atoms with Crippen LogP contribution < -0.4 is 24.8 Å². The fraction of sp³-hybridized carbons (Fsp3) is 0.227. The third kappa shape index (κ3) is 6.00. The van der Waals surface area contributed by atoms with Gasteiger partial charge < -0.3 is 28.8 Å². The molecule has 0 unspecified atom stereocenters. The maximum atomic E-state index is 12.2. The lowest BCUT2D eigenvalue weighted by Gasteiger charge is -2.19. The van der Waals surface area contributed by atoms with E-state index >= 15 is 0 Å². The van der Waals surface area contributed by atoms with Gasteiger partial charge in [-0.1, -0.05) is 5.16 Å². The van der Waals surface area contributed by atoms with Crippen molar-refractivity contribution in [1.82, 2.24) is 15.5 Å². The maximum absolute atomic E-state index is 12.2. The number of urea groups is 1. The number of fused-ring (bicyclic) bond motifs is 1. The predicted octanol–water partition coefficient (Wildman–Crippen LogP) is 2.23. The van der Waals surface area contributed by atoms with E-state index in [1.165, 1.54) is 12.1 Å². The van der Waals surface area contributed by atoms with Crippen LogP contribution in [0.3, 0.4) is 0 Å². The molecule has 0 atom stereocenters. The SMILES string of the molecule is Cc1nc(COc2ccc(C(=O)OCC(=O)NC(=O)Nc3ccc4c(c3)OCCO4)cc2)no1. The summed E-state index contributed by atoms with van der Waals surface area (Å²) in [6.07, 6.45) is 0. The Morgan fingerprint density at radius 3 is 2.53 bits per heavy atom. The monoisotopic (exact) mass is 468 g/mol. The summed E-state index contributed by atoms with van der Waals surface area (Å²) in [5, 5.41) is 8.29. The quantitative estimate of drug-likeness (QED) is 0.494. The molecule has 1 aliphatic heterocycles. The molecule has 0 bridgehead atoms. The van der Waals surface area contributed by atoms with Crippen LogP contribution in [0.25, 0.3) is 0 Å². The van der Waals surface area contributed by atoms with Crippen LogP contribution in [0.15, 0.2) is 47.0 Å². The number of esters is 1. The number of anilines is 1. The Morgan fingerprint density at radius 2 is 1.79 bits per heavy atom. The molecule has 0 saturated carbocycles. The van der Waals surface area contributed by atoms with E-state index in [-0.39, 0.29) is 12.2 Å². The lowest BCUT2D eigenvalue weighted by molar-refractivity contribution is -0.123. The Morgan fingerprint density at radius 1 is 1.03 bits per heavy atom. The summed E-state index contributed by atoms with van der Waals surface area (Å²) in [7, 11) is 0. The van der Waals surface area contributed by atoms with Crippen molar-refractivity contribution < 1.29 is 37.9 Å². The number of aryl methyl sites for hydroxylation is 1. The summed E-state index contributed by atoms with van der Waals surface area (Å²) in [4.78, 5) is 40.2. The molecule has 3 amide bonds. The summed E-state index contributed by atoms with van der Waals surface area (Å²) in [5.74, 6) is 0.841. The van der Waals surface area contributed by atoms with Crippen molar-refractivity contribution in [3.63, 3.8) is 0 Å². The highest BCUT2D eigenvalue weighted by molar-refractivity contribution is 6.02. The van der Waals surface area contributed by atoms with E-state index in [0.717, 1.165) is 0 Å². The number of hydrogen-bond acceptors (Lipinski definition) is 10. The van der Waals surface area contributed by atoms with E-state index in [1.54, 1.807) is 37.3 Å². The molecule has 1 aliphatic rings. The first-order valence-electron chi connectivity index (χ1n) is 10.2. The smallest absolute Gasteiger partial charge is 0.338 e. The molecule has 2 aromatic carbocycles. The number of ether oxygens (including phenoxy) is 4. The molecule has 0 spiro atoms. The normalized spacial score (nSPS) is 11.9. The molecule has 0 aliphatic carbocycles. The van der Waals surface area contributed by atoms with Crippen LogP contribution >= 0.6 is 0 Å². The highest BCUT2D eigenvalue weighted by Crippen LogP contribution is 2.32. The fourth-order valence-electron chi connectivity index (χ4n) is 2.90. The van der Waals surface area contributed by atoms with Crippen LogP contribution in [-0.2, 0) is 16.1 Å². The van der Waals surface area contributed by atoms with Gasteiger partial charge in [0.1, 0.15) is 19.0 Å². The predicted molar refractivity (Wildman–Crippen MR) is 115 cm³/mol. The number of rotatable bonds is 7. The highest BCUT2D eigenvalue weighted by Gasteiger charge is 2.15. The highest BCUT2D eigenvalue weighted by atomic mass is 16.6. The van der Waals surface area contributed by atoms with Gasteiger partial charge in [-0.15, -0.1) is 0 Å². The first kappa shape index (κ1) is 22.6.